The lowest BCUT2D eigenvalue weighted by Gasteiger charge is -2.20. The number of nitrogens with one attached hydrogen (secondary N) is 1. The number of hydrogen-bond acceptors (Lipinski definition) is 3. The summed E-state index contributed by atoms with van der Waals surface area (Å²) in [6.07, 6.45) is -4.92. The van der Waals surface area contributed by atoms with Gasteiger partial charge in [-0.25, -0.2) is 0 Å². The molecule has 0 spiro atoms. The van der Waals surface area contributed by atoms with E-state index in [4.69, 9.17) is 10.8 Å². The third-order valence-corrected chi connectivity index (χ3v) is 1.83. The van der Waals surface area contributed by atoms with Crippen LogP contribution in [0.3, 0.4) is 0 Å². The first-order chi connectivity index (χ1) is 6.29. The molecule has 2 unspecified atom stereocenters. The molecule has 0 saturated carbocycles. The second-order valence-corrected chi connectivity index (χ2v) is 2.90. The lowest BCUT2D eigenvalue weighted by atomic mass is 10.1. The van der Waals surface area contributed by atoms with Gasteiger partial charge in [-0.3, -0.25) is 4.79 Å². The van der Waals surface area contributed by atoms with Crippen LogP contribution >= 0.6 is 0 Å². The normalized spacial score (nSPS) is 16.4. The van der Waals surface area contributed by atoms with E-state index in [1.165, 1.54) is 7.05 Å². The SMILES string of the molecule is CNC(CCC(N)C(=O)O)C(F)(F)F. The van der Waals surface area contributed by atoms with E-state index in [2.05, 4.69) is 5.32 Å². The average Bonchev–Trinajstić information content (AvgIpc) is 2.02. The molecular formula is C7H13F3N2O2. The van der Waals surface area contributed by atoms with Crippen LogP contribution in [-0.4, -0.2) is 36.4 Å². The first kappa shape index (κ1) is 13.2. The number of carboxylic acids is 1. The van der Waals surface area contributed by atoms with Crippen LogP contribution in [0, 0.1) is 0 Å². The molecular weight excluding hydrogens is 201 g/mol. The zero-order valence-electron chi connectivity index (χ0n) is 7.64. The predicted octanol–water partition coefficient (Wildman–Crippen LogP) is 0.329. The van der Waals surface area contributed by atoms with Crippen molar-refractivity contribution >= 4 is 5.97 Å². The molecule has 0 amide bonds. The van der Waals surface area contributed by atoms with Gasteiger partial charge < -0.3 is 16.2 Å². The minimum Gasteiger partial charge on any atom is -0.480 e. The Morgan fingerprint density at radius 1 is 1.50 bits per heavy atom. The Bertz CT molecular complexity index is 196. The van der Waals surface area contributed by atoms with E-state index in [0.717, 1.165) is 0 Å². The third kappa shape index (κ3) is 4.43. The molecule has 2 atom stereocenters. The molecule has 0 aromatic rings. The Morgan fingerprint density at radius 3 is 2.29 bits per heavy atom. The number of carboxylic acid groups (broad SMARTS) is 1. The highest BCUT2D eigenvalue weighted by Gasteiger charge is 2.38. The minimum atomic E-state index is -4.37. The Hall–Kier alpha value is -0.820. The number of aliphatic carboxylic acids is 1. The van der Waals surface area contributed by atoms with Crippen molar-refractivity contribution in [1.29, 1.82) is 0 Å². The third-order valence-electron chi connectivity index (χ3n) is 1.83. The highest BCUT2D eigenvalue weighted by atomic mass is 19.4. The second kappa shape index (κ2) is 5.16. The van der Waals surface area contributed by atoms with Gasteiger partial charge in [-0.2, -0.15) is 13.2 Å². The molecule has 0 aromatic carbocycles. The van der Waals surface area contributed by atoms with Gasteiger partial charge in [0.25, 0.3) is 0 Å². The molecule has 0 aliphatic heterocycles. The average molecular weight is 214 g/mol. The quantitative estimate of drug-likeness (QED) is 0.616. The van der Waals surface area contributed by atoms with Crippen molar-refractivity contribution in [3.05, 3.63) is 0 Å². The van der Waals surface area contributed by atoms with Crippen LogP contribution in [0.2, 0.25) is 0 Å². The Morgan fingerprint density at radius 2 is 2.00 bits per heavy atom. The molecule has 7 heteroatoms. The van der Waals surface area contributed by atoms with Crippen molar-refractivity contribution in [3.63, 3.8) is 0 Å². The molecule has 0 fully saturated rings. The van der Waals surface area contributed by atoms with Gasteiger partial charge in [0, 0.05) is 0 Å². The van der Waals surface area contributed by atoms with Crippen LogP contribution in [-0.2, 0) is 4.79 Å². The summed E-state index contributed by atoms with van der Waals surface area (Å²) in [6, 6.07) is -2.94. The lowest BCUT2D eigenvalue weighted by molar-refractivity contribution is -0.157. The fourth-order valence-corrected chi connectivity index (χ4v) is 0.941. The van der Waals surface area contributed by atoms with E-state index in [9.17, 15) is 18.0 Å². The topological polar surface area (TPSA) is 75.3 Å². The minimum absolute atomic E-state index is 0.208. The number of hydrogen-bond donors (Lipinski definition) is 3. The molecule has 0 heterocycles. The second-order valence-electron chi connectivity index (χ2n) is 2.90. The fraction of sp³-hybridized carbons (Fsp3) is 0.857. The van der Waals surface area contributed by atoms with Crippen LogP contribution in [0.15, 0.2) is 0 Å². The summed E-state index contributed by atoms with van der Waals surface area (Å²) in [5.41, 5.74) is 5.07. The van der Waals surface area contributed by atoms with Gasteiger partial charge in [-0.15, -0.1) is 0 Å². The van der Waals surface area contributed by atoms with Crippen LogP contribution in [0.5, 0.6) is 0 Å². The van der Waals surface area contributed by atoms with Gasteiger partial charge in [0.05, 0.1) is 0 Å². The molecule has 4 N–H and O–H groups in total. The summed E-state index contributed by atoms with van der Waals surface area (Å²) in [6.45, 7) is 0. The van der Waals surface area contributed by atoms with Gasteiger partial charge in [0.1, 0.15) is 12.1 Å². The van der Waals surface area contributed by atoms with E-state index in [1.807, 2.05) is 0 Å². The van der Waals surface area contributed by atoms with Crippen molar-refractivity contribution in [2.75, 3.05) is 7.05 Å². The molecule has 0 rings (SSSR count). The molecule has 0 aromatic heterocycles. The maximum atomic E-state index is 12.1. The molecule has 0 saturated heterocycles. The molecule has 0 aliphatic rings. The summed E-state index contributed by atoms with van der Waals surface area (Å²) in [7, 11) is 1.17. The fourth-order valence-electron chi connectivity index (χ4n) is 0.941. The highest BCUT2D eigenvalue weighted by Crippen LogP contribution is 2.23. The van der Waals surface area contributed by atoms with Gasteiger partial charge in [0.2, 0.25) is 0 Å². The Labute approximate surface area is 79.3 Å². The summed E-state index contributed by atoms with van der Waals surface area (Å²) in [5.74, 6) is -1.29. The summed E-state index contributed by atoms with van der Waals surface area (Å²) < 4.78 is 36.4. The van der Waals surface area contributed by atoms with E-state index >= 15 is 0 Å². The standard InChI is InChI=1S/C7H13F3N2O2/c1-12-5(7(8,9)10)3-2-4(11)6(13)14/h4-5,12H,2-3,11H2,1H3,(H,13,14). The van der Waals surface area contributed by atoms with Gasteiger partial charge in [-0.1, -0.05) is 0 Å². The van der Waals surface area contributed by atoms with Crippen molar-refractivity contribution < 1.29 is 23.1 Å². The number of halogens is 3. The van der Waals surface area contributed by atoms with Crippen molar-refractivity contribution in [2.45, 2.75) is 31.1 Å². The molecule has 84 valence electrons. The maximum Gasteiger partial charge on any atom is 0.403 e. The van der Waals surface area contributed by atoms with Crippen LogP contribution in [0.4, 0.5) is 13.2 Å². The molecule has 0 radical (unpaired) electrons. The van der Waals surface area contributed by atoms with E-state index in [1.54, 1.807) is 0 Å². The van der Waals surface area contributed by atoms with Crippen LogP contribution < -0.4 is 11.1 Å². The maximum absolute atomic E-state index is 12.1. The van der Waals surface area contributed by atoms with Gasteiger partial charge in [0.15, 0.2) is 0 Å². The van der Waals surface area contributed by atoms with Crippen molar-refractivity contribution in [3.8, 4) is 0 Å². The highest BCUT2D eigenvalue weighted by molar-refractivity contribution is 5.72. The predicted molar refractivity (Wildman–Crippen MR) is 43.7 cm³/mol. The van der Waals surface area contributed by atoms with E-state index in [-0.39, 0.29) is 12.8 Å². The van der Waals surface area contributed by atoms with E-state index in [0.29, 0.717) is 0 Å². The first-order valence-electron chi connectivity index (χ1n) is 4.01. The zero-order chi connectivity index (χ0) is 11.4. The molecule has 0 aliphatic carbocycles. The van der Waals surface area contributed by atoms with Gasteiger partial charge in [-0.05, 0) is 19.9 Å². The number of nitrogens with two attached hydrogens (primary N) is 1. The molecule has 14 heavy (non-hydrogen) atoms. The van der Waals surface area contributed by atoms with Gasteiger partial charge >= 0.3 is 12.1 Å². The van der Waals surface area contributed by atoms with Crippen molar-refractivity contribution in [1.82, 2.24) is 5.32 Å². The largest absolute Gasteiger partial charge is 0.480 e. The number of rotatable bonds is 5. The first-order valence-corrected chi connectivity index (χ1v) is 4.01. The van der Waals surface area contributed by atoms with Crippen LogP contribution in [0.25, 0.3) is 0 Å². The van der Waals surface area contributed by atoms with E-state index < -0.39 is 24.2 Å². The number of carbonyl (C=O) groups is 1. The monoisotopic (exact) mass is 214 g/mol. The van der Waals surface area contributed by atoms with Crippen LogP contribution in [0.1, 0.15) is 12.8 Å². The smallest absolute Gasteiger partial charge is 0.403 e. The Balaban J connectivity index is 4.03. The molecule has 4 nitrogen and oxygen atoms in total. The summed E-state index contributed by atoms with van der Waals surface area (Å²) in [5, 5.41) is 10.4. The summed E-state index contributed by atoms with van der Waals surface area (Å²) in [4.78, 5) is 10.2. The molecule has 0 bridgehead atoms. The lowest BCUT2D eigenvalue weighted by Crippen LogP contribution is -2.42. The van der Waals surface area contributed by atoms with Crippen molar-refractivity contribution in [2.24, 2.45) is 5.73 Å². The summed E-state index contributed by atoms with van der Waals surface area (Å²) >= 11 is 0. The Kier molecular flexibility index (Phi) is 4.86. The zero-order valence-corrected chi connectivity index (χ0v) is 7.64. The number of alkyl halides is 3.